The van der Waals surface area contributed by atoms with Crippen molar-refractivity contribution in [3.63, 3.8) is 0 Å². The summed E-state index contributed by atoms with van der Waals surface area (Å²) >= 11 is 0. The van der Waals surface area contributed by atoms with Crippen molar-refractivity contribution in [1.29, 1.82) is 0 Å². The van der Waals surface area contributed by atoms with Gasteiger partial charge in [-0.2, -0.15) is 18.2 Å². The Morgan fingerprint density at radius 2 is 1.95 bits per heavy atom. The average molecular weight is 312 g/mol. The molecule has 1 aliphatic heterocycles. The third-order valence-corrected chi connectivity index (χ3v) is 3.79. The maximum atomic E-state index is 12.5. The Balaban J connectivity index is 1.64. The van der Waals surface area contributed by atoms with Crippen LogP contribution in [-0.2, 0) is 6.18 Å². The molecule has 0 atom stereocenters. The predicted octanol–water partition coefficient (Wildman–Crippen LogP) is 3.18. The van der Waals surface area contributed by atoms with E-state index in [1.807, 2.05) is 4.90 Å². The third kappa shape index (κ3) is 3.05. The van der Waals surface area contributed by atoms with E-state index in [1.54, 1.807) is 6.92 Å². The number of aromatic nitrogens is 3. The molecule has 0 aromatic carbocycles. The van der Waals surface area contributed by atoms with Gasteiger partial charge in [0.25, 0.3) is 0 Å². The highest BCUT2D eigenvalue weighted by Crippen LogP contribution is 2.31. The van der Waals surface area contributed by atoms with Crippen LogP contribution in [0.25, 0.3) is 0 Å². The minimum atomic E-state index is -4.35. The van der Waals surface area contributed by atoms with E-state index in [9.17, 15) is 13.2 Å². The molecule has 2 aromatic rings. The van der Waals surface area contributed by atoms with E-state index >= 15 is 0 Å². The molecule has 0 aliphatic carbocycles. The molecule has 0 amide bonds. The SMILES string of the molecule is Cc1noc(C2CCN(c3ccc(C(F)(F)F)cn3)CC2)n1. The van der Waals surface area contributed by atoms with Crippen LogP contribution in [0.3, 0.4) is 0 Å². The van der Waals surface area contributed by atoms with E-state index in [0.717, 1.165) is 25.1 Å². The quantitative estimate of drug-likeness (QED) is 0.852. The molecule has 1 aliphatic rings. The molecule has 0 N–H and O–H groups in total. The Kier molecular flexibility index (Phi) is 3.76. The Morgan fingerprint density at radius 1 is 1.23 bits per heavy atom. The zero-order valence-corrected chi connectivity index (χ0v) is 12.0. The Bertz CT molecular complexity index is 630. The second kappa shape index (κ2) is 5.58. The van der Waals surface area contributed by atoms with E-state index in [-0.39, 0.29) is 5.92 Å². The Hall–Kier alpha value is -2.12. The second-order valence-electron chi connectivity index (χ2n) is 5.34. The summed E-state index contributed by atoms with van der Waals surface area (Å²) in [6.45, 7) is 3.17. The molecule has 0 saturated carbocycles. The fourth-order valence-corrected chi connectivity index (χ4v) is 2.58. The van der Waals surface area contributed by atoms with Crippen molar-refractivity contribution in [2.24, 2.45) is 0 Å². The summed E-state index contributed by atoms with van der Waals surface area (Å²) < 4.78 is 42.8. The van der Waals surface area contributed by atoms with Crippen LogP contribution in [-0.4, -0.2) is 28.2 Å². The van der Waals surface area contributed by atoms with Gasteiger partial charge in [-0.25, -0.2) is 4.98 Å². The fourth-order valence-electron chi connectivity index (χ4n) is 2.58. The van der Waals surface area contributed by atoms with Crippen LogP contribution in [0.1, 0.15) is 36.0 Å². The monoisotopic (exact) mass is 312 g/mol. The highest BCUT2D eigenvalue weighted by atomic mass is 19.4. The predicted molar refractivity (Wildman–Crippen MR) is 72.5 cm³/mol. The normalized spacial score (nSPS) is 17.0. The molecular weight excluding hydrogens is 297 g/mol. The van der Waals surface area contributed by atoms with Crippen LogP contribution in [0, 0.1) is 6.92 Å². The van der Waals surface area contributed by atoms with Crippen molar-refractivity contribution >= 4 is 5.82 Å². The van der Waals surface area contributed by atoms with Gasteiger partial charge in [0.15, 0.2) is 5.82 Å². The van der Waals surface area contributed by atoms with Crippen molar-refractivity contribution in [2.45, 2.75) is 31.9 Å². The summed E-state index contributed by atoms with van der Waals surface area (Å²) in [6, 6.07) is 2.48. The van der Waals surface area contributed by atoms with E-state index in [4.69, 9.17) is 4.52 Å². The summed E-state index contributed by atoms with van der Waals surface area (Å²) in [6.07, 6.45) is -1.86. The van der Waals surface area contributed by atoms with Crippen LogP contribution in [0.15, 0.2) is 22.9 Å². The fraction of sp³-hybridized carbons (Fsp3) is 0.500. The number of halogens is 3. The lowest BCUT2D eigenvalue weighted by Crippen LogP contribution is -2.33. The van der Waals surface area contributed by atoms with Gasteiger partial charge in [-0.05, 0) is 31.9 Å². The largest absolute Gasteiger partial charge is 0.417 e. The molecule has 8 heteroatoms. The number of piperidine rings is 1. The molecule has 1 fully saturated rings. The number of hydrogen-bond acceptors (Lipinski definition) is 5. The molecule has 3 heterocycles. The van der Waals surface area contributed by atoms with Gasteiger partial charge in [0.1, 0.15) is 5.82 Å². The summed E-state index contributed by atoms with van der Waals surface area (Å²) in [5.74, 6) is 2.01. The summed E-state index contributed by atoms with van der Waals surface area (Å²) in [5, 5.41) is 3.78. The average Bonchev–Trinajstić information content (AvgIpc) is 2.93. The zero-order chi connectivity index (χ0) is 15.7. The van der Waals surface area contributed by atoms with Crippen molar-refractivity contribution in [1.82, 2.24) is 15.1 Å². The summed E-state index contributed by atoms with van der Waals surface area (Å²) in [4.78, 5) is 10.1. The van der Waals surface area contributed by atoms with Gasteiger partial charge in [-0.3, -0.25) is 0 Å². The van der Waals surface area contributed by atoms with Gasteiger partial charge >= 0.3 is 6.18 Å². The Labute approximate surface area is 125 Å². The van der Waals surface area contributed by atoms with Gasteiger partial charge in [0, 0.05) is 25.2 Å². The minimum Gasteiger partial charge on any atom is -0.357 e. The van der Waals surface area contributed by atoms with Crippen molar-refractivity contribution in [3.05, 3.63) is 35.6 Å². The van der Waals surface area contributed by atoms with Gasteiger partial charge < -0.3 is 9.42 Å². The molecule has 0 unspecified atom stereocenters. The number of alkyl halides is 3. The van der Waals surface area contributed by atoms with Crippen molar-refractivity contribution in [3.8, 4) is 0 Å². The number of hydrogen-bond donors (Lipinski definition) is 0. The molecule has 0 bridgehead atoms. The molecule has 22 heavy (non-hydrogen) atoms. The number of aryl methyl sites for hydroxylation is 1. The third-order valence-electron chi connectivity index (χ3n) is 3.79. The van der Waals surface area contributed by atoms with Crippen molar-refractivity contribution < 1.29 is 17.7 Å². The van der Waals surface area contributed by atoms with E-state index in [1.165, 1.54) is 6.07 Å². The van der Waals surface area contributed by atoms with Gasteiger partial charge in [0.2, 0.25) is 5.89 Å². The first-order valence-electron chi connectivity index (χ1n) is 7.02. The summed E-state index contributed by atoms with van der Waals surface area (Å²) in [7, 11) is 0. The second-order valence-corrected chi connectivity index (χ2v) is 5.34. The van der Waals surface area contributed by atoms with Gasteiger partial charge in [-0.1, -0.05) is 5.16 Å². The first-order chi connectivity index (χ1) is 10.4. The highest BCUT2D eigenvalue weighted by Gasteiger charge is 2.31. The molecule has 0 spiro atoms. The maximum absolute atomic E-state index is 12.5. The lowest BCUT2D eigenvalue weighted by atomic mass is 9.97. The summed E-state index contributed by atoms with van der Waals surface area (Å²) in [5.41, 5.74) is -0.729. The molecule has 2 aromatic heterocycles. The molecule has 5 nitrogen and oxygen atoms in total. The van der Waals surface area contributed by atoms with Crippen molar-refractivity contribution in [2.75, 3.05) is 18.0 Å². The molecular formula is C14H15F3N4O. The molecule has 118 valence electrons. The first kappa shape index (κ1) is 14.8. The van der Waals surface area contributed by atoms with Crippen LogP contribution >= 0.6 is 0 Å². The topological polar surface area (TPSA) is 55.1 Å². The van der Waals surface area contributed by atoms with Crippen LogP contribution < -0.4 is 4.90 Å². The Morgan fingerprint density at radius 3 is 2.45 bits per heavy atom. The number of nitrogens with zero attached hydrogens (tertiary/aromatic N) is 4. The standard InChI is InChI=1S/C14H15F3N4O/c1-9-19-13(22-20-9)10-4-6-21(7-5-10)12-3-2-11(8-18-12)14(15,16)17/h2-3,8,10H,4-7H2,1H3. The first-order valence-corrected chi connectivity index (χ1v) is 7.02. The number of anilines is 1. The molecule has 3 rings (SSSR count). The lowest BCUT2D eigenvalue weighted by Gasteiger charge is -2.31. The highest BCUT2D eigenvalue weighted by molar-refractivity contribution is 5.40. The number of rotatable bonds is 2. The lowest BCUT2D eigenvalue weighted by molar-refractivity contribution is -0.137. The zero-order valence-electron chi connectivity index (χ0n) is 12.0. The van der Waals surface area contributed by atoms with Crippen LogP contribution in [0.4, 0.5) is 19.0 Å². The van der Waals surface area contributed by atoms with E-state index in [0.29, 0.717) is 30.6 Å². The minimum absolute atomic E-state index is 0.201. The van der Waals surface area contributed by atoms with Gasteiger partial charge in [-0.15, -0.1) is 0 Å². The molecule has 1 saturated heterocycles. The number of pyridine rings is 1. The van der Waals surface area contributed by atoms with Crippen LogP contribution in [0.2, 0.25) is 0 Å². The van der Waals surface area contributed by atoms with E-state index in [2.05, 4.69) is 15.1 Å². The maximum Gasteiger partial charge on any atom is 0.417 e. The van der Waals surface area contributed by atoms with E-state index < -0.39 is 11.7 Å². The smallest absolute Gasteiger partial charge is 0.357 e. The molecule has 0 radical (unpaired) electrons. The van der Waals surface area contributed by atoms with Gasteiger partial charge in [0.05, 0.1) is 5.56 Å². The van der Waals surface area contributed by atoms with Crippen LogP contribution in [0.5, 0.6) is 0 Å².